The summed E-state index contributed by atoms with van der Waals surface area (Å²) in [6, 6.07) is 7.60. The molecule has 0 aliphatic rings. The van der Waals surface area contributed by atoms with Crippen molar-refractivity contribution in [2.45, 2.75) is 40.0 Å². The summed E-state index contributed by atoms with van der Waals surface area (Å²) >= 11 is 0. The number of anilines is 1. The highest BCUT2D eigenvalue weighted by atomic mass is 17.2. The van der Waals surface area contributed by atoms with Gasteiger partial charge in [0.25, 0.3) is 0 Å². The zero-order valence-corrected chi connectivity index (χ0v) is 12.6. The molecule has 5 nitrogen and oxygen atoms in total. The Morgan fingerprint density at radius 3 is 2.25 bits per heavy atom. The fourth-order valence-electron chi connectivity index (χ4n) is 1.88. The number of para-hydroxylation sites is 1. The molecule has 1 aromatic rings. The molecule has 1 amide bonds. The van der Waals surface area contributed by atoms with Gasteiger partial charge in [0.1, 0.15) is 0 Å². The third-order valence-electron chi connectivity index (χ3n) is 2.77. The lowest BCUT2D eigenvalue weighted by atomic mass is 9.85. The zero-order valence-electron chi connectivity index (χ0n) is 12.6. The molecule has 0 heterocycles. The van der Waals surface area contributed by atoms with Gasteiger partial charge in [0.15, 0.2) is 0 Å². The molecule has 0 saturated heterocycles. The summed E-state index contributed by atoms with van der Waals surface area (Å²) in [5.74, 6) is -0.668. The van der Waals surface area contributed by atoms with E-state index in [1.807, 2.05) is 31.2 Å². The smallest absolute Gasteiger partial charge is 0.275 e. The van der Waals surface area contributed by atoms with Gasteiger partial charge >= 0.3 is 12.1 Å². The summed E-state index contributed by atoms with van der Waals surface area (Å²) in [6.07, 6.45) is -0.709. The third kappa shape index (κ3) is 3.98. The van der Waals surface area contributed by atoms with Crippen LogP contribution in [0.4, 0.5) is 10.5 Å². The quantitative estimate of drug-likeness (QED) is 0.615. The molecule has 20 heavy (non-hydrogen) atoms. The Morgan fingerprint density at radius 1 is 1.15 bits per heavy atom. The Hall–Kier alpha value is -2.04. The van der Waals surface area contributed by atoms with Crippen molar-refractivity contribution >= 4 is 17.7 Å². The molecule has 0 saturated carbocycles. The number of carbonyl (C=O) groups excluding carboxylic acids is 2. The number of amides is 1. The van der Waals surface area contributed by atoms with E-state index < -0.39 is 12.1 Å². The highest BCUT2D eigenvalue weighted by Crippen LogP contribution is 2.32. The first-order chi connectivity index (χ1) is 9.27. The minimum atomic E-state index is -0.709. The number of nitrogens with zero attached hydrogens (tertiary/aromatic N) is 1. The van der Waals surface area contributed by atoms with Gasteiger partial charge in [-0.2, -0.15) is 0 Å². The lowest BCUT2D eigenvalue weighted by molar-refractivity contribution is -0.228. The number of hydrogen-bond donors (Lipinski definition) is 0. The van der Waals surface area contributed by atoms with Crippen LogP contribution in [0.5, 0.6) is 0 Å². The maximum Gasteiger partial charge on any atom is 0.457 e. The van der Waals surface area contributed by atoms with Crippen LogP contribution in [-0.2, 0) is 20.0 Å². The molecule has 1 aromatic carbocycles. The first kappa shape index (κ1) is 16.0. The van der Waals surface area contributed by atoms with E-state index in [0.717, 1.165) is 11.3 Å². The average molecular weight is 279 g/mol. The average Bonchev–Trinajstić information content (AvgIpc) is 2.36. The summed E-state index contributed by atoms with van der Waals surface area (Å²) in [7, 11) is 0. The Kier molecular flexibility index (Phi) is 5.13. The number of hydrogen-bond acceptors (Lipinski definition) is 4. The van der Waals surface area contributed by atoms with Gasteiger partial charge in [-0.3, -0.25) is 4.90 Å². The van der Waals surface area contributed by atoms with Crippen LogP contribution in [0, 0.1) is 0 Å². The largest absolute Gasteiger partial charge is 0.457 e. The van der Waals surface area contributed by atoms with E-state index in [9.17, 15) is 9.59 Å². The lowest BCUT2D eigenvalue weighted by Gasteiger charge is -2.28. The maximum absolute atomic E-state index is 12.0. The minimum absolute atomic E-state index is 0.119. The van der Waals surface area contributed by atoms with Crippen molar-refractivity contribution in [1.29, 1.82) is 0 Å². The first-order valence-corrected chi connectivity index (χ1v) is 6.53. The van der Waals surface area contributed by atoms with Crippen molar-refractivity contribution in [3.05, 3.63) is 29.8 Å². The molecule has 0 spiro atoms. The van der Waals surface area contributed by atoms with Crippen LogP contribution in [0.1, 0.15) is 40.2 Å². The van der Waals surface area contributed by atoms with E-state index in [-0.39, 0.29) is 5.41 Å². The Bertz CT molecular complexity index is 491. The molecule has 0 N–H and O–H groups in total. The van der Waals surface area contributed by atoms with Crippen LogP contribution in [0.25, 0.3) is 0 Å². The minimum Gasteiger partial charge on any atom is -0.275 e. The Balaban J connectivity index is 3.07. The van der Waals surface area contributed by atoms with Gasteiger partial charge in [0.05, 0.1) is 5.69 Å². The SMILES string of the molecule is CCN(C(=O)OOC(C)=O)c1ccccc1C(C)(C)C. The van der Waals surface area contributed by atoms with Crippen LogP contribution in [0.15, 0.2) is 24.3 Å². The second-order valence-corrected chi connectivity index (χ2v) is 5.44. The standard InChI is InChI=1S/C15H21NO4/c1-6-16(14(18)20-19-11(2)17)13-10-8-7-9-12(13)15(3,4)5/h7-10H,6H2,1-5H3. The van der Waals surface area contributed by atoms with Crippen molar-refractivity contribution in [2.24, 2.45) is 0 Å². The van der Waals surface area contributed by atoms with Gasteiger partial charge in [-0.25, -0.2) is 19.4 Å². The molecular weight excluding hydrogens is 258 g/mol. The van der Waals surface area contributed by atoms with Crippen molar-refractivity contribution in [3.8, 4) is 0 Å². The normalized spacial score (nSPS) is 10.8. The number of benzene rings is 1. The van der Waals surface area contributed by atoms with Crippen molar-refractivity contribution in [1.82, 2.24) is 0 Å². The zero-order chi connectivity index (χ0) is 15.3. The summed E-state index contributed by atoms with van der Waals surface area (Å²) in [5.41, 5.74) is 1.65. The summed E-state index contributed by atoms with van der Waals surface area (Å²) in [5, 5.41) is 0. The van der Waals surface area contributed by atoms with Crippen LogP contribution in [-0.4, -0.2) is 18.6 Å². The lowest BCUT2D eigenvalue weighted by Crippen LogP contribution is -2.33. The predicted molar refractivity (Wildman–Crippen MR) is 76.4 cm³/mol. The van der Waals surface area contributed by atoms with Crippen LogP contribution < -0.4 is 4.90 Å². The molecule has 0 unspecified atom stereocenters. The summed E-state index contributed by atoms with van der Waals surface area (Å²) < 4.78 is 0. The van der Waals surface area contributed by atoms with E-state index in [1.165, 1.54) is 11.8 Å². The van der Waals surface area contributed by atoms with Gasteiger partial charge in [-0.05, 0) is 24.0 Å². The molecule has 0 radical (unpaired) electrons. The molecule has 0 aliphatic carbocycles. The molecule has 0 aromatic heterocycles. The second kappa shape index (κ2) is 6.41. The van der Waals surface area contributed by atoms with Gasteiger partial charge in [-0.1, -0.05) is 39.0 Å². The fraction of sp³-hybridized carbons (Fsp3) is 0.467. The molecule has 0 aliphatic heterocycles. The number of rotatable bonds is 2. The van der Waals surface area contributed by atoms with E-state index in [2.05, 4.69) is 30.5 Å². The summed E-state index contributed by atoms with van der Waals surface area (Å²) in [4.78, 5) is 32.9. The van der Waals surface area contributed by atoms with E-state index in [4.69, 9.17) is 0 Å². The van der Waals surface area contributed by atoms with E-state index >= 15 is 0 Å². The molecule has 0 fully saturated rings. The Morgan fingerprint density at radius 2 is 1.75 bits per heavy atom. The third-order valence-corrected chi connectivity index (χ3v) is 2.77. The molecule has 0 bridgehead atoms. The van der Waals surface area contributed by atoms with Gasteiger partial charge in [-0.15, -0.1) is 0 Å². The second-order valence-electron chi connectivity index (χ2n) is 5.44. The maximum atomic E-state index is 12.0. The monoisotopic (exact) mass is 279 g/mol. The Labute approximate surface area is 119 Å². The van der Waals surface area contributed by atoms with Gasteiger partial charge < -0.3 is 0 Å². The fourth-order valence-corrected chi connectivity index (χ4v) is 1.88. The molecule has 1 rings (SSSR count). The molecule has 5 heteroatoms. The molecular formula is C15H21NO4. The van der Waals surface area contributed by atoms with Crippen LogP contribution in [0.2, 0.25) is 0 Å². The van der Waals surface area contributed by atoms with Crippen LogP contribution in [0.3, 0.4) is 0 Å². The van der Waals surface area contributed by atoms with E-state index in [0.29, 0.717) is 6.54 Å². The van der Waals surface area contributed by atoms with Crippen molar-refractivity contribution < 1.29 is 19.4 Å². The predicted octanol–water partition coefficient (Wildman–Crippen LogP) is 3.43. The highest BCUT2D eigenvalue weighted by Gasteiger charge is 2.25. The summed E-state index contributed by atoms with van der Waals surface area (Å²) in [6.45, 7) is 9.61. The van der Waals surface area contributed by atoms with Gasteiger partial charge in [0, 0.05) is 13.5 Å². The first-order valence-electron chi connectivity index (χ1n) is 6.53. The molecule has 0 atom stereocenters. The topological polar surface area (TPSA) is 55.8 Å². The number of carbonyl (C=O) groups is 2. The van der Waals surface area contributed by atoms with Crippen molar-refractivity contribution in [3.63, 3.8) is 0 Å². The van der Waals surface area contributed by atoms with E-state index in [1.54, 1.807) is 0 Å². The van der Waals surface area contributed by atoms with Crippen LogP contribution >= 0.6 is 0 Å². The van der Waals surface area contributed by atoms with Gasteiger partial charge in [0.2, 0.25) is 0 Å². The molecule has 110 valence electrons. The highest BCUT2D eigenvalue weighted by molar-refractivity contribution is 5.89. The van der Waals surface area contributed by atoms with Crippen molar-refractivity contribution in [2.75, 3.05) is 11.4 Å².